The zero-order valence-corrected chi connectivity index (χ0v) is 8.41. The molecule has 0 fully saturated rings. The minimum atomic E-state index is -4.35. The fourth-order valence-corrected chi connectivity index (χ4v) is 1.19. The molecule has 6 heteroatoms. The number of hydrogen-bond acceptors (Lipinski definition) is 1. The first kappa shape index (κ1) is 11.3. The summed E-state index contributed by atoms with van der Waals surface area (Å²) in [6, 6.07) is 3.75. The largest absolute Gasteiger partial charge is 0.405 e. The maximum Gasteiger partial charge on any atom is 0.405 e. The fraction of sp³-hybridized carbons (Fsp3) is 0.250. The molecular formula is C8H6BrF4N. The van der Waals surface area contributed by atoms with Crippen molar-refractivity contribution in [2.45, 2.75) is 6.18 Å². The van der Waals surface area contributed by atoms with E-state index in [0.717, 1.165) is 6.07 Å². The topological polar surface area (TPSA) is 12.0 Å². The Labute approximate surface area is 86.2 Å². The Morgan fingerprint density at radius 1 is 1.29 bits per heavy atom. The van der Waals surface area contributed by atoms with Crippen LogP contribution in [0.3, 0.4) is 0 Å². The maximum absolute atomic E-state index is 12.9. The monoisotopic (exact) mass is 271 g/mol. The van der Waals surface area contributed by atoms with Gasteiger partial charge in [-0.1, -0.05) is 15.9 Å². The molecular weight excluding hydrogens is 266 g/mol. The average Bonchev–Trinajstić information content (AvgIpc) is 2.05. The Hall–Kier alpha value is -0.780. The summed E-state index contributed by atoms with van der Waals surface area (Å²) in [5, 5.41) is 1.96. The van der Waals surface area contributed by atoms with Crippen LogP contribution >= 0.6 is 15.9 Å². The van der Waals surface area contributed by atoms with Gasteiger partial charge in [-0.3, -0.25) is 0 Å². The van der Waals surface area contributed by atoms with Crippen molar-refractivity contribution in [2.24, 2.45) is 0 Å². The first-order chi connectivity index (χ1) is 6.38. The van der Waals surface area contributed by atoms with Crippen molar-refractivity contribution in [2.75, 3.05) is 11.9 Å². The van der Waals surface area contributed by atoms with Crippen LogP contribution in [0.4, 0.5) is 23.2 Å². The minimum absolute atomic E-state index is 0.170. The molecule has 0 aliphatic heterocycles. The van der Waals surface area contributed by atoms with Gasteiger partial charge in [0.05, 0.1) is 5.69 Å². The maximum atomic E-state index is 12.9. The van der Waals surface area contributed by atoms with Gasteiger partial charge in [0.1, 0.15) is 12.4 Å². The normalized spacial score (nSPS) is 11.5. The van der Waals surface area contributed by atoms with Crippen LogP contribution in [0.2, 0.25) is 0 Å². The highest BCUT2D eigenvalue weighted by molar-refractivity contribution is 9.10. The summed E-state index contributed by atoms with van der Waals surface area (Å²) in [6.07, 6.45) is -4.35. The molecule has 0 saturated heterocycles. The van der Waals surface area contributed by atoms with Crippen molar-refractivity contribution in [1.29, 1.82) is 0 Å². The van der Waals surface area contributed by atoms with E-state index in [0.29, 0.717) is 4.47 Å². The van der Waals surface area contributed by atoms with Crippen molar-refractivity contribution in [1.82, 2.24) is 0 Å². The Morgan fingerprint density at radius 2 is 1.93 bits per heavy atom. The second kappa shape index (κ2) is 4.16. The molecule has 0 aliphatic carbocycles. The highest BCUT2D eigenvalue weighted by Gasteiger charge is 2.26. The third-order valence-electron chi connectivity index (χ3n) is 1.41. The summed E-state index contributed by atoms with van der Waals surface area (Å²) >= 11 is 3.03. The van der Waals surface area contributed by atoms with Gasteiger partial charge in [-0.15, -0.1) is 0 Å². The zero-order valence-electron chi connectivity index (χ0n) is 6.83. The van der Waals surface area contributed by atoms with E-state index >= 15 is 0 Å². The first-order valence-electron chi connectivity index (χ1n) is 3.64. The molecule has 0 spiro atoms. The lowest BCUT2D eigenvalue weighted by Gasteiger charge is -2.10. The number of nitrogens with one attached hydrogen (secondary N) is 1. The second-order valence-electron chi connectivity index (χ2n) is 2.59. The molecule has 0 unspecified atom stereocenters. The molecule has 1 aromatic rings. The predicted molar refractivity (Wildman–Crippen MR) is 48.6 cm³/mol. The van der Waals surface area contributed by atoms with Gasteiger partial charge in [-0.05, 0) is 18.2 Å². The van der Waals surface area contributed by atoms with Gasteiger partial charge in [-0.25, -0.2) is 4.39 Å². The zero-order chi connectivity index (χ0) is 10.8. The molecule has 0 amide bonds. The summed E-state index contributed by atoms with van der Waals surface area (Å²) in [4.78, 5) is 0. The third-order valence-corrected chi connectivity index (χ3v) is 1.90. The van der Waals surface area contributed by atoms with Gasteiger partial charge in [0, 0.05) is 4.47 Å². The second-order valence-corrected chi connectivity index (χ2v) is 3.51. The van der Waals surface area contributed by atoms with E-state index in [-0.39, 0.29) is 5.69 Å². The molecule has 1 N–H and O–H groups in total. The molecule has 0 aromatic heterocycles. The van der Waals surface area contributed by atoms with Crippen LogP contribution in [0.25, 0.3) is 0 Å². The van der Waals surface area contributed by atoms with Gasteiger partial charge < -0.3 is 5.32 Å². The number of hydrogen-bond donors (Lipinski definition) is 1. The molecule has 0 saturated carbocycles. The van der Waals surface area contributed by atoms with E-state index in [4.69, 9.17) is 0 Å². The van der Waals surface area contributed by atoms with Crippen LogP contribution in [0.15, 0.2) is 22.7 Å². The lowest BCUT2D eigenvalue weighted by molar-refractivity contribution is -0.115. The van der Waals surface area contributed by atoms with Crippen LogP contribution in [0.1, 0.15) is 0 Å². The van der Waals surface area contributed by atoms with Crippen molar-refractivity contribution < 1.29 is 17.6 Å². The first-order valence-corrected chi connectivity index (χ1v) is 4.43. The quantitative estimate of drug-likeness (QED) is 0.811. The molecule has 0 bridgehead atoms. The Bertz CT molecular complexity index is 324. The molecule has 0 heterocycles. The summed E-state index contributed by atoms with van der Waals surface area (Å²) in [5.74, 6) is -0.711. The van der Waals surface area contributed by atoms with E-state index in [1.165, 1.54) is 12.1 Å². The predicted octanol–water partition coefficient (Wildman–Crippen LogP) is 3.56. The van der Waals surface area contributed by atoms with E-state index < -0.39 is 18.5 Å². The van der Waals surface area contributed by atoms with Crippen molar-refractivity contribution in [3.8, 4) is 0 Å². The Kier molecular flexibility index (Phi) is 3.36. The van der Waals surface area contributed by atoms with Crippen LogP contribution < -0.4 is 5.32 Å². The smallest absolute Gasteiger partial charge is 0.374 e. The van der Waals surface area contributed by atoms with Crippen LogP contribution in [0.5, 0.6) is 0 Å². The fourth-order valence-electron chi connectivity index (χ4n) is 0.828. The average molecular weight is 272 g/mol. The van der Waals surface area contributed by atoms with Crippen LogP contribution in [0, 0.1) is 5.82 Å². The highest BCUT2D eigenvalue weighted by Crippen LogP contribution is 2.22. The molecule has 0 atom stereocenters. The lowest BCUT2D eigenvalue weighted by atomic mass is 10.3. The van der Waals surface area contributed by atoms with Gasteiger partial charge in [-0.2, -0.15) is 13.2 Å². The standard InChI is InChI=1S/C8H6BrF4N/c9-5-1-2-6(10)7(3-5)14-4-8(11,12)13/h1-3,14H,4H2. The number of rotatable bonds is 2. The molecule has 14 heavy (non-hydrogen) atoms. The molecule has 0 radical (unpaired) electrons. The summed E-state index contributed by atoms with van der Waals surface area (Å²) in [5.41, 5.74) is -0.170. The van der Waals surface area contributed by atoms with Gasteiger partial charge in [0.15, 0.2) is 0 Å². The van der Waals surface area contributed by atoms with E-state index in [2.05, 4.69) is 15.9 Å². The highest BCUT2D eigenvalue weighted by atomic mass is 79.9. The van der Waals surface area contributed by atoms with Crippen LogP contribution in [-0.2, 0) is 0 Å². The van der Waals surface area contributed by atoms with Gasteiger partial charge >= 0.3 is 6.18 Å². The molecule has 1 nitrogen and oxygen atoms in total. The number of anilines is 1. The van der Waals surface area contributed by atoms with Crippen LogP contribution in [-0.4, -0.2) is 12.7 Å². The summed E-state index contributed by atoms with van der Waals surface area (Å²) in [6.45, 7) is -1.25. The number of halogens is 5. The Morgan fingerprint density at radius 3 is 2.50 bits per heavy atom. The molecule has 78 valence electrons. The number of benzene rings is 1. The third kappa shape index (κ3) is 3.53. The lowest BCUT2D eigenvalue weighted by Crippen LogP contribution is -2.21. The van der Waals surface area contributed by atoms with E-state index in [1.807, 2.05) is 5.32 Å². The number of alkyl halides is 3. The summed E-state index contributed by atoms with van der Waals surface area (Å²) < 4.78 is 48.7. The van der Waals surface area contributed by atoms with Crippen molar-refractivity contribution in [3.63, 3.8) is 0 Å². The molecule has 1 rings (SSSR count). The van der Waals surface area contributed by atoms with E-state index in [9.17, 15) is 17.6 Å². The molecule has 0 aliphatic rings. The van der Waals surface area contributed by atoms with Crippen molar-refractivity contribution in [3.05, 3.63) is 28.5 Å². The van der Waals surface area contributed by atoms with E-state index in [1.54, 1.807) is 0 Å². The SMILES string of the molecule is Fc1ccc(Br)cc1NCC(F)(F)F. The minimum Gasteiger partial charge on any atom is -0.374 e. The Balaban J connectivity index is 2.72. The molecule has 1 aromatic carbocycles. The van der Waals surface area contributed by atoms with Gasteiger partial charge in [0.25, 0.3) is 0 Å². The van der Waals surface area contributed by atoms with Gasteiger partial charge in [0.2, 0.25) is 0 Å². The van der Waals surface area contributed by atoms with Crippen molar-refractivity contribution >= 4 is 21.6 Å². The summed E-state index contributed by atoms with van der Waals surface area (Å²) in [7, 11) is 0.